The number of hydrogen-bond acceptors (Lipinski definition) is 6. The Hall–Kier alpha value is 0.220. The Kier molecular flexibility index (Phi) is 4.10. The van der Waals surface area contributed by atoms with E-state index < -0.39 is 0 Å². The van der Waals surface area contributed by atoms with Crippen molar-refractivity contribution in [3.8, 4) is 0 Å². The van der Waals surface area contributed by atoms with Crippen LogP contribution in [0, 0.1) is 0 Å². The number of nitrogens with zero attached hydrogens (tertiary/aromatic N) is 2. The van der Waals surface area contributed by atoms with E-state index >= 15 is 0 Å². The molecule has 0 aliphatic carbocycles. The van der Waals surface area contributed by atoms with E-state index in [-0.39, 0.29) is 0 Å². The number of rotatable bonds is 4. The quantitative estimate of drug-likeness (QED) is 0.825. The third-order valence-electron chi connectivity index (χ3n) is 2.13. The van der Waals surface area contributed by atoms with Crippen LogP contribution in [0.1, 0.15) is 12.8 Å². The highest BCUT2D eigenvalue weighted by atomic mass is 32.2. The normalized spacial score (nSPS) is 21.6. The van der Waals surface area contributed by atoms with E-state index in [2.05, 4.69) is 15.5 Å². The van der Waals surface area contributed by atoms with Crippen LogP contribution in [0.4, 0.5) is 0 Å². The minimum absolute atomic E-state index is 0.682. The highest BCUT2D eigenvalue weighted by Gasteiger charge is 2.15. The third kappa shape index (κ3) is 2.85. The summed E-state index contributed by atoms with van der Waals surface area (Å²) in [5.74, 6) is 1.13. The van der Waals surface area contributed by atoms with Crippen molar-refractivity contribution in [2.45, 2.75) is 27.6 Å². The summed E-state index contributed by atoms with van der Waals surface area (Å²) in [6, 6.07) is 0.682. The van der Waals surface area contributed by atoms with Gasteiger partial charge in [-0.2, -0.15) is 0 Å². The minimum atomic E-state index is 0.682. The average molecular weight is 247 g/mol. The monoisotopic (exact) mass is 247 g/mol. The molecule has 1 atom stereocenters. The lowest BCUT2D eigenvalue weighted by atomic mass is 10.3. The van der Waals surface area contributed by atoms with Crippen molar-refractivity contribution in [2.75, 3.05) is 18.6 Å². The van der Waals surface area contributed by atoms with Crippen LogP contribution < -0.4 is 5.32 Å². The summed E-state index contributed by atoms with van der Waals surface area (Å²) in [5.41, 5.74) is 0. The van der Waals surface area contributed by atoms with E-state index in [9.17, 15) is 0 Å². The Morgan fingerprint density at radius 1 is 1.50 bits per heavy atom. The van der Waals surface area contributed by atoms with Gasteiger partial charge in [-0.05, 0) is 25.6 Å². The summed E-state index contributed by atoms with van der Waals surface area (Å²) in [5, 5.41) is 11.7. The average Bonchev–Trinajstić information content (AvgIpc) is 2.86. The topological polar surface area (TPSA) is 37.8 Å². The van der Waals surface area contributed by atoms with Gasteiger partial charge in [0.15, 0.2) is 8.68 Å². The zero-order valence-corrected chi connectivity index (χ0v) is 10.5. The lowest BCUT2D eigenvalue weighted by Gasteiger charge is -2.06. The molecule has 0 saturated carbocycles. The molecule has 1 aliphatic rings. The van der Waals surface area contributed by atoms with E-state index in [4.69, 9.17) is 0 Å². The number of thioether (sulfide) groups is 2. The molecule has 0 amide bonds. The molecule has 3 nitrogen and oxygen atoms in total. The second kappa shape index (κ2) is 5.34. The molecule has 1 fully saturated rings. The zero-order chi connectivity index (χ0) is 9.80. The zero-order valence-electron chi connectivity index (χ0n) is 8.02. The largest absolute Gasteiger partial charge is 0.313 e. The first-order valence-electron chi connectivity index (χ1n) is 4.62. The first kappa shape index (κ1) is 10.7. The van der Waals surface area contributed by atoms with Crippen molar-refractivity contribution in [2.24, 2.45) is 0 Å². The third-order valence-corrected chi connectivity index (χ3v) is 5.33. The molecule has 0 radical (unpaired) electrons. The second-order valence-corrected chi connectivity index (χ2v) is 6.44. The van der Waals surface area contributed by atoms with Gasteiger partial charge >= 0.3 is 0 Å². The first-order chi connectivity index (χ1) is 6.88. The van der Waals surface area contributed by atoms with Gasteiger partial charge in [-0.25, -0.2) is 0 Å². The maximum Gasteiger partial charge on any atom is 0.175 e. The number of nitrogens with one attached hydrogen (secondary N) is 1. The molecule has 1 saturated heterocycles. The van der Waals surface area contributed by atoms with Gasteiger partial charge in [0, 0.05) is 11.8 Å². The number of hydrogen-bond donors (Lipinski definition) is 1. The van der Waals surface area contributed by atoms with Crippen molar-refractivity contribution in [1.29, 1.82) is 0 Å². The van der Waals surface area contributed by atoms with Crippen LogP contribution in [0.2, 0.25) is 0 Å². The van der Waals surface area contributed by atoms with E-state index in [1.807, 2.05) is 18.0 Å². The predicted octanol–water partition coefficient (Wildman–Crippen LogP) is 2.10. The molecule has 0 spiro atoms. The summed E-state index contributed by atoms with van der Waals surface area (Å²) in [6.45, 7) is 1.18. The fourth-order valence-electron chi connectivity index (χ4n) is 1.41. The van der Waals surface area contributed by atoms with Crippen LogP contribution in [0.15, 0.2) is 8.68 Å². The Morgan fingerprint density at radius 3 is 3.00 bits per heavy atom. The molecule has 6 heteroatoms. The first-order valence-corrected chi connectivity index (χ1v) is 7.65. The summed E-state index contributed by atoms with van der Waals surface area (Å²) >= 11 is 5.18. The van der Waals surface area contributed by atoms with Gasteiger partial charge in [0.05, 0.1) is 0 Å². The molecule has 0 aromatic carbocycles. The summed E-state index contributed by atoms with van der Waals surface area (Å²) < 4.78 is 2.16. The van der Waals surface area contributed by atoms with Crippen molar-refractivity contribution < 1.29 is 0 Å². The molecular weight excluding hydrogens is 234 g/mol. The fraction of sp³-hybridized carbons (Fsp3) is 0.750. The summed E-state index contributed by atoms with van der Waals surface area (Å²) in [7, 11) is 0. The molecule has 2 rings (SSSR count). The molecular formula is C8H13N3S3. The molecule has 0 bridgehead atoms. The fourth-order valence-corrected chi connectivity index (χ4v) is 3.98. The van der Waals surface area contributed by atoms with Crippen LogP contribution in [0.5, 0.6) is 0 Å². The van der Waals surface area contributed by atoms with Gasteiger partial charge < -0.3 is 5.32 Å². The smallest absolute Gasteiger partial charge is 0.175 e. The van der Waals surface area contributed by atoms with Crippen LogP contribution in [-0.2, 0) is 0 Å². The van der Waals surface area contributed by atoms with Crippen LogP contribution in [0.25, 0.3) is 0 Å². The standard InChI is InChI=1S/C8H13N3S3/c1-12-7-10-11-8(14-7)13-5-6-3-2-4-9-6/h6,9H,2-5H2,1H3/t6-/m1/s1. The molecule has 2 heterocycles. The highest BCUT2D eigenvalue weighted by Crippen LogP contribution is 2.28. The minimum Gasteiger partial charge on any atom is -0.313 e. The molecule has 1 aliphatic heterocycles. The lowest BCUT2D eigenvalue weighted by Crippen LogP contribution is -2.23. The molecule has 1 aromatic rings. The maximum absolute atomic E-state index is 4.13. The Labute approximate surface area is 96.5 Å². The van der Waals surface area contributed by atoms with Crippen molar-refractivity contribution >= 4 is 34.9 Å². The predicted molar refractivity (Wildman–Crippen MR) is 63.4 cm³/mol. The maximum atomic E-state index is 4.13. The van der Waals surface area contributed by atoms with E-state index in [0.29, 0.717) is 6.04 Å². The van der Waals surface area contributed by atoms with Gasteiger partial charge in [-0.3, -0.25) is 0 Å². The van der Waals surface area contributed by atoms with Crippen LogP contribution in [0.3, 0.4) is 0 Å². The molecule has 0 unspecified atom stereocenters. The van der Waals surface area contributed by atoms with E-state index in [1.54, 1.807) is 23.1 Å². The Balaban J connectivity index is 1.79. The second-order valence-electron chi connectivity index (χ2n) is 3.14. The van der Waals surface area contributed by atoms with Gasteiger partial charge in [0.2, 0.25) is 0 Å². The van der Waals surface area contributed by atoms with Gasteiger partial charge in [-0.15, -0.1) is 10.2 Å². The Bertz CT molecular complexity index is 283. The van der Waals surface area contributed by atoms with E-state index in [1.165, 1.54) is 19.4 Å². The van der Waals surface area contributed by atoms with Gasteiger partial charge in [0.1, 0.15) is 0 Å². The Morgan fingerprint density at radius 2 is 2.36 bits per heavy atom. The summed E-state index contributed by atoms with van der Waals surface area (Å²) in [4.78, 5) is 0. The molecule has 1 N–H and O–H groups in total. The number of aromatic nitrogens is 2. The van der Waals surface area contributed by atoms with E-state index in [0.717, 1.165) is 14.4 Å². The summed E-state index contributed by atoms with van der Waals surface area (Å²) in [6.07, 6.45) is 4.66. The lowest BCUT2D eigenvalue weighted by molar-refractivity contribution is 0.674. The molecule has 1 aromatic heterocycles. The van der Waals surface area contributed by atoms with Crippen molar-refractivity contribution in [3.05, 3.63) is 0 Å². The van der Waals surface area contributed by atoms with Gasteiger partial charge in [-0.1, -0.05) is 34.9 Å². The van der Waals surface area contributed by atoms with Crippen molar-refractivity contribution in [1.82, 2.24) is 15.5 Å². The van der Waals surface area contributed by atoms with Crippen molar-refractivity contribution in [3.63, 3.8) is 0 Å². The van der Waals surface area contributed by atoms with Gasteiger partial charge in [0.25, 0.3) is 0 Å². The highest BCUT2D eigenvalue weighted by molar-refractivity contribution is 8.03. The van der Waals surface area contributed by atoms with Crippen LogP contribution in [-0.4, -0.2) is 34.8 Å². The molecule has 78 valence electrons. The van der Waals surface area contributed by atoms with Crippen LogP contribution >= 0.6 is 34.9 Å². The molecule has 14 heavy (non-hydrogen) atoms. The SMILES string of the molecule is CSc1nnc(SC[C@H]2CCCN2)s1.